The van der Waals surface area contributed by atoms with Gasteiger partial charge < -0.3 is 10.2 Å². The van der Waals surface area contributed by atoms with Crippen LogP contribution in [0.3, 0.4) is 0 Å². The fraction of sp³-hybridized carbons (Fsp3) is 0.933. The van der Waals surface area contributed by atoms with Crippen molar-refractivity contribution in [1.29, 1.82) is 0 Å². The van der Waals surface area contributed by atoms with Gasteiger partial charge in [-0.15, -0.1) is 0 Å². The molecular weight excluding hydrogens is 224 g/mol. The number of hydrogen-bond acceptors (Lipinski definition) is 2. The molecule has 1 rings (SSSR count). The van der Waals surface area contributed by atoms with Crippen LogP contribution in [-0.4, -0.2) is 37.0 Å². The Bertz CT molecular complexity index is 243. The summed E-state index contributed by atoms with van der Waals surface area (Å²) in [6.07, 6.45) is 9.21. The van der Waals surface area contributed by atoms with Gasteiger partial charge in [0.2, 0.25) is 5.91 Å². The third-order valence-corrected chi connectivity index (χ3v) is 4.23. The lowest BCUT2D eigenvalue weighted by atomic mass is 9.95. The van der Waals surface area contributed by atoms with Gasteiger partial charge in [-0.1, -0.05) is 32.6 Å². The van der Waals surface area contributed by atoms with E-state index in [4.69, 9.17) is 0 Å². The van der Waals surface area contributed by atoms with E-state index in [0.717, 1.165) is 12.5 Å². The minimum Gasteiger partial charge on any atom is -0.345 e. The molecule has 3 nitrogen and oxygen atoms in total. The monoisotopic (exact) mass is 254 g/mol. The molecule has 1 aliphatic rings. The molecule has 0 aliphatic heterocycles. The van der Waals surface area contributed by atoms with E-state index >= 15 is 0 Å². The van der Waals surface area contributed by atoms with Crippen LogP contribution in [0.5, 0.6) is 0 Å². The molecule has 0 heterocycles. The van der Waals surface area contributed by atoms with Gasteiger partial charge in [0, 0.05) is 19.6 Å². The Morgan fingerprint density at radius 2 is 2.00 bits per heavy atom. The largest absolute Gasteiger partial charge is 0.345 e. The number of nitrogens with one attached hydrogen (secondary N) is 1. The van der Waals surface area contributed by atoms with E-state index < -0.39 is 0 Å². The third kappa shape index (κ3) is 5.38. The molecule has 1 fully saturated rings. The molecule has 2 atom stereocenters. The maximum Gasteiger partial charge on any atom is 0.236 e. The number of hydrogen-bond donors (Lipinski definition) is 1. The minimum absolute atomic E-state index is 0.215. The SMILES string of the molecule is CCCC1CCCC(NCC(=O)N(C)CC)CC1. The van der Waals surface area contributed by atoms with E-state index in [0.29, 0.717) is 12.6 Å². The highest BCUT2D eigenvalue weighted by atomic mass is 16.2. The first-order valence-corrected chi connectivity index (χ1v) is 7.64. The summed E-state index contributed by atoms with van der Waals surface area (Å²) in [5.41, 5.74) is 0. The Balaban J connectivity index is 2.25. The van der Waals surface area contributed by atoms with Crippen LogP contribution in [0, 0.1) is 5.92 Å². The Morgan fingerprint density at radius 1 is 1.22 bits per heavy atom. The number of rotatable bonds is 6. The van der Waals surface area contributed by atoms with Crippen LogP contribution in [0.1, 0.15) is 58.8 Å². The molecule has 3 heteroatoms. The number of carbonyl (C=O) groups excluding carboxylic acids is 1. The first-order chi connectivity index (χ1) is 8.67. The lowest BCUT2D eigenvalue weighted by Crippen LogP contribution is -2.39. The van der Waals surface area contributed by atoms with Gasteiger partial charge in [-0.05, 0) is 32.1 Å². The second kappa shape index (κ2) is 8.52. The second-order valence-corrected chi connectivity index (χ2v) is 5.65. The molecule has 1 amide bonds. The molecule has 0 saturated heterocycles. The molecule has 106 valence electrons. The van der Waals surface area contributed by atoms with Crippen molar-refractivity contribution in [2.24, 2.45) is 5.92 Å². The van der Waals surface area contributed by atoms with E-state index in [1.807, 2.05) is 14.0 Å². The van der Waals surface area contributed by atoms with Crippen molar-refractivity contribution in [2.75, 3.05) is 20.1 Å². The van der Waals surface area contributed by atoms with Gasteiger partial charge in [0.05, 0.1) is 6.54 Å². The fourth-order valence-corrected chi connectivity index (χ4v) is 2.82. The average molecular weight is 254 g/mol. The molecular formula is C15H30N2O. The Morgan fingerprint density at radius 3 is 2.67 bits per heavy atom. The van der Waals surface area contributed by atoms with E-state index in [9.17, 15) is 4.79 Å². The maximum atomic E-state index is 11.7. The molecule has 0 spiro atoms. The lowest BCUT2D eigenvalue weighted by molar-refractivity contribution is -0.128. The molecule has 2 unspecified atom stereocenters. The van der Waals surface area contributed by atoms with Crippen LogP contribution in [0.15, 0.2) is 0 Å². The quantitative estimate of drug-likeness (QED) is 0.739. The normalized spacial score (nSPS) is 24.6. The summed E-state index contributed by atoms with van der Waals surface area (Å²) in [6.45, 7) is 5.59. The molecule has 18 heavy (non-hydrogen) atoms. The van der Waals surface area contributed by atoms with E-state index in [2.05, 4.69) is 12.2 Å². The van der Waals surface area contributed by atoms with Crippen molar-refractivity contribution in [3.05, 3.63) is 0 Å². The summed E-state index contributed by atoms with van der Waals surface area (Å²) in [5, 5.41) is 3.45. The van der Waals surface area contributed by atoms with Gasteiger partial charge in [-0.3, -0.25) is 4.79 Å². The minimum atomic E-state index is 0.215. The Labute approximate surface area is 112 Å². The van der Waals surface area contributed by atoms with Crippen molar-refractivity contribution in [1.82, 2.24) is 10.2 Å². The number of amides is 1. The van der Waals surface area contributed by atoms with Gasteiger partial charge in [-0.2, -0.15) is 0 Å². The Kier molecular flexibility index (Phi) is 7.33. The molecule has 0 aromatic carbocycles. The highest BCUT2D eigenvalue weighted by molar-refractivity contribution is 5.77. The summed E-state index contributed by atoms with van der Waals surface area (Å²) >= 11 is 0. The first kappa shape index (κ1) is 15.5. The maximum absolute atomic E-state index is 11.7. The summed E-state index contributed by atoms with van der Waals surface area (Å²) < 4.78 is 0. The van der Waals surface area contributed by atoms with Gasteiger partial charge in [0.15, 0.2) is 0 Å². The van der Waals surface area contributed by atoms with Crippen LogP contribution in [-0.2, 0) is 4.79 Å². The zero-order valence-electron chi connectivity index (χ0n) is 12.4. The van der Waals surface area contributed by atoms with Crippen molar-refractivity contribution >= 4 is 5.91 Å². The van der Waals surface area contributed by atoms with Gasteiger partial charge in [0.25, 0.3) is 0 Å². The summed E-state index contributed by atoms with van der Waals surface area (Å²) in [4.78, 5) is 13.5. The van der Waals surface area contributed by atoms with Crippen molar-refractivity contribution in [2.45, 2.75) is 64.8 Å². The third-order valence-electron chi connectivity index (χ3n) is 4.23. The lowest BCUT2D eigenvalue weighted by Gasteiger charge is -2.19. The summed E-state index contributed by atoms with van der Waals surface area (Å²) in [5.74, 6) is 1.14. The standard InChI is InChI=1S/C15H30N2O/c1-4-7-13-8-6-9-14(11-10-13)16-12-15(18)17(3)5-2/h13-14,16H,4-12H2,1-3H3. The Hall–Kier alpha value is -0.570. The van der Waals surface area contributed by atoms with Crippen LogP contribution < -0.4 is 5.32 Å². The topological polar surface area (TPSA) is 32.3 Å². The van der Waals surface area contributed by atoms with Crippen molar-refractivity contribution < 1.29 is 4.79 Å². The van der Waals surface area contributed by atoms with Crippen LogP contribution in [0.25, 0.3) is 0 Å². The zero-order valence-corrected chi connectivity index (χ0v) is 12.4. The number of likely N-dealkylation sites (N-methyl/N-ethyl adjacent to an activating group) is 1. The molecule has 0 aromatic rings. The summed E-state index contributed by atoms with van der Waals surface area (Å²) in [7, 11) is 1.87. The van der Waals surface area contributed by atoms with Crippen LogP contribution in [0.4, 0.5) is 0 Å². The van der Waals surface area contributed by atoms with Crippen molar-refractivity contribution in [3.63, 3.8) is 0 Å². The van der Waals surface area contributed by atoms with Gasteiger partial charge in [0.1, 0.15) is 0 Å². The second-order valence-electron chi connectivity index (χ2n) is 5.65. The highest BCUT2D eigenvalue weighted by Gasteiger charge is 2.19. The molecule has 1 saturated carbocycles. The van der Waals surface area contributed by atoms with Gasteiger partial charge >= 0.3 is 0 Å². The fourth-order valence-electron chi connectivity index (χ4n) is 2.82. The van der Waals surface area contributed by atoms with Crippen LogP contribution in [0.2, 0.25) is 0 Å². The molecule has 0 bridgehead atoms. The highest BCUT2D eigenvalue weighted by Crippen LogP contribution is 2.26. The van der Waals surface area contributed by atoms with E-state index in [1.165, 1.54) is 44.9 Å². The van der Waals surface area contributed by atoms with Gasteiger partial charge in [-0.25, -0.2) is 0 Å². The molecule has 1 N–H and O–H groups in total. The molecule has 0 radical (unpaired) electrons. The molecule has 0 aromatic heterocycles. The molecule has 1 aliphatic carbocycles. The summed E-state index contributed by atoms with van der Waals surface area (Å²) in [6, 6.07) is 0.557. The predicted octanol–water partition coefficient (Wildman–Crippen LogP) is 2.80. The van der Waals surface area contributed by atoms with Crippen molar-refractivity contribution in [3.8, 4) is 0 Å². The first-order valence-electron chi connectivity index (χ1n) is 7.64. The van der Waals surface area contributed by atoms with E-state index in [1.54, 1.807) is 4.90 Å². The smallest absolute Gasteiger partial charge is 0.236 e. The van der Waals surface area contributed by atoms with Crippen LogP contribution >= 0.6 is 0 Å². The van der Waals surface area contributed by atoms with E-state index in [-0.39, 0.29) is 5.91 Å². The number of carbonyl (C=O) groups is 1. The number of nitrogens with zero attached hydrogens (tertiary/aromatic N) is 1. The average Bonchev–Trinajstić information content (AvgIpc) is 2.61. The zero-order chi connectivity index (χ0) is 13.4. The predicted molar refractivity (Wildman–Crippen MR) is 76.6 cm³/mol.